The SMILES string of the molecule is CC(C)N(CCC1NCCC1O)C(C)(C)C. The van der Waals surface area contributed by atoms with Gasteiger partial charge in [0.05, 0.1) is 6.10 Å². The summed E-state index contributed by atoms with van der Waals surface area (Å²) in [5.74, 6) is 0. The summed E-state index contributed by atoms with van der Waals surface area (Å²) >= 11 is 0. The summed E-state index contributed by atoms with van der Waals surface area (Å²) in [6.45, 7) is 13.3. The van der Waals surface area contributed by atoms with Crippen LogP contribution in [0.1, 0.15) is 47.5 Å². The van der Waals surface area contributed by atoms with Gasteiger partial charge in [0.1, 0.15) is 0 Å². The van der Waals surface area contributed by atoms with E-state index >= 15 is 0 Å². The van der Waals surface area contributed by atoms with Gasteiger partial charge in [-0.1, -0.05) is 0 Å². The summed E-state index contributed by atoms with van der Waals surface area (Å²) in [6, 6.07) is 0.849. The highest BCUT2D eigenvalue weighted by Gasteiger charge is 2.28. The van der Waals surface area contributed by atoms with Crippen molar-refractivity contribution in [3.63, 3.8) is 0 Å². The first kappa shape index (κ1) is 13.9. The summed E-state index contributed by atoms with van der Waals surface area (Å²) in [7, 11) is 0. The van der Waals surface area contributed by atoms with Crippen LogP contribution in [0.2, 0.25) is 0 Å². The second-order valence-corrected chi connectivity index (χ2v) is 6.16. The van der Waals surface area contributed by atoms with E-state index in [9.17, 15) is 5.11 Å². The number of hydrogen-bond donors (Lipinski definition) is 2. The Hall–Kier alpha value is -0.120. The number of aliphatic hydroxyl groups is 1. The van der Waals surface area contributed by atoms with Gasteiger partial charge in [0.15, 0.2) is 0 Å². The van der Waals surface area contributed by atoms with Gasteiger partial charge in [0, 0.05) is 24.2 Å². The van der Waals surface area contributed by atoms with Gasteiger partial charge < -0.3 is 10.4 Å². The molecular weight excluding hydrogens is 200 g/mol. The largest absolute Gasteiger partial charge is 0.391 e. The summed E-state index contributed by atoms with van der Waals surface area (Å²) < 4.78 is 0. The number of nitrogens with one attached hydrogen (secondary N) is 1. The predicted octanol–water partition coefficient (Wildman–Crippen LogP) is 1.61. The molecule has 0 bridgehead atoms. The van der Waals surface area contributed by atoms with Crippen molar-refractivity contribution in [1.29, 1.82) is 0 Å². The summed E-state index contributed by atoms with van der Waals surface area (Å²) in [4.78, 5) is 2.50. The van der Waals surface area contributed by atoms with Crippen LogP contribution in [0.25, 0.3) is 0 Å². The molecule has 0 aliphatic carbocycles. The van der Waals surface area contributed by atoms with Gasteiger partial charge in [-0.2, -0.15) is 0 Å². The lowest BCUT2D eigenvalue weighted by Crippen LogP contribution is -2.48. The monoisotopic (exact) mass is 228 g/mol. The molecule has 0 aromatic carbocycles. The van der Waals surface area contributed by atoms with E-state index in [1.165, 1.54) is 0 Å². The number of aliphatic hydroxyl groups excluding tert-OH is 1. The summed E-state index contributed by atoms with van der Waals surface area (Å²) in [6.07, 6.45) is 1.80. The average Bonchev–Trinajstić information content (AvgIpc) is 2.49. The average molecular weight is 228 g/mol. The van der Waals surface area contributed by atoms with Crippen LogP contribution in [0, 0.1) is 0 Å². The predicted molar refractivity (Wildman–Crippen MR) is 68.6 cm³/mol. The Morgan fingerprint density at radius 3 is 2.38 bits per heavy atom. The Balaban J connectivity index is 2.44. The van der Waals surface area contributed by atoms with Crippen LogP contribution >= 0.6 is 0 Å². The van der Waals surface area contributed by atoms with Gasteiger partial charge in [-0.15, -0.1) is 0 Å². The van der Waals surface area contributed by atoms with Gasteiger partial charge in [0.2, 0.25) is 0 Å². The second-order valence-electron chi connectivity index (χ2n) is 6.16. The number of nitrogens with zero attached hydrogens (tertiary/aromatic N) is 1. The molecule has 1 heterocycles. The van der Waals surface area contributed by atoms with Gasteiger partial charge in [0.25, 0.3) is 0 Å². The fraction of sp³-hybridized carbons (Fsp3) is 1.00. The molecule has 2 N–H and O–H groups in total. The van der Waals surface area contributed by atoms with Crippen LogP contribution in [0.5, 0.6) is 0 Å². The lowest BCUT2D eigenvalue weighted by atomic mass is 10.0. The Morgan fingerprint density at radius 1 is 1.38 bits per heavy atom. The zero-order valence-electron chi connectivity index (χ0n) is 11.5. The molecule has 3 nitrogen and oxygen atoms in total. The molecular formula is C13H28N2O. The van der Waals surface area contributed by atoms with Crippen LogP contribution in [0.4, 0.5) is 0 Å². The van der Waals surface area contributed by atoms with E-state index < -0.39 is 0 Å². The number of rotatable bonds is 4. The third-order valence-corrected chi connectivity index (χ3v) is 3.48. The van der Waals surface area contributed by atoms with Crippen molar-refractivity contribution in [3.05, 3.63) is 0 Å². The van der Waals surface area contributed by atoms with Crippen LogP contribution < -0.4 is 5.32 Å². The molecule has 96 valence electrons. The molecule has 0 amide bonds. The molecule has 1 saturated heterocycles. The van der Waals surface area contributed by atoms with E-state index in [4.69, 9.17) is 0 Å². The van der Waals surface area contributed by atoms with Gasteiger partial charge >= 0.3 is 0 Å². The van der Waals surface area contributed by atoms with Crippen molar-refractivity contribution in [1.82, 2.24) is 10.2 Å². The van der Waals surface area contributed by atoms with Gasteiger partial charge in [-0.3, -0.25) is 4.90 Å². The third kappa shape index (κ3) is 3.72. The minimum atomic E-state index is -0.144. The van der Waals surface area contributed by atoms with Crippen molar-refractivity contribution >= 4 is 0 Å². The molecule has 16 heavy (non-hydrogen) atoms. The van der Waals surface area contributed by atoms with Gasteiger partial charge in [-0.05, 0) is 54.0 Å². The van der Waals surface area contributed by atoms with Crippen LogP contribution in [0.15, 0.2) is 0 Å². The number of hydrogen-bond acceptors (Lipinski definition) is 3. The minimum absolute atomic E-state index is 0.144. The van der Waals surface area contributed by atoms with Crippen molar-refractivity contribution in [2.24, 2.45) is 0 Å². The normalized spacial score (nSPS) is 27.0. The quantitative estimate of drug-likeness (QED) is 0.767. The van der Waals surface area contributed by atoms with Crippen LogP contribution in [-0.4, -0.2) is 46.8 Å². The molecule has 0 aromatic heterocycles. The highest BCUT2D eigenvalue weighted by atomic mass is 16.3. The van der Waals surface area contributed by atoms with Crippen molar-refractivity contribution in [3.8, 4) is 0 Å². The Labute approximate surface area is 100 Å². The molecule has 1 rings (SSSR count). The zero-order valence-corrected chi connectivity index (χ0v) is 11.5. The topological polar surface area (TPSA) is 35.5 Å². The first-order valence-corrected chi connectivity index (χ1v) is 6.50. The Morgan fingerprint density at radius 2 is 2.00 bits per heavy atom. The maximum Gasteiger partial charge on any atom is 0.0705 e. The van der Waals surface area contributed by atoms with Crippen molar-refractivity contribution < 1.29 is 5.11 Å². The molecule has 1 aliphatic rings. The standard InChI is InChI=1S/C13H28N2O/c1-10(2)15(13(3,4)5)9-7-11-12(16)6-8-14-11/h10-12,14,16H,6-9H2,1-5H3. The molecule has 1 fully saturated rings. The van der Waals surface area contributed by atoms with E-state index in [0.717, 1.165) is 25.9 Å². The molecule has 0 spiro atoms. The van der Waals surface area contributed by atoms with E-state index in [1.54, 1.807) is 0 Å². The maximum atomic E-state index is 9.76. The smallest absolute Gasteiger partial charge is 0.0705 e. The van der Waals surface area contributed by atoms with E-state index in [2.05, 4.69) is 44.8 Å². The highest BCUT2D eigenvalue weighted by molar-refractivity contribution is 4.86. The molecule has 0 saturated carbocycles. The first-order valence-electron chi connectivity index (χ1n) is 6.50. The van der Waals surface area contributed by atoms with Crippen LogP contribution in [-0.2, 0) is 0 Å². The fourth-order valence-corrected chi connectivity index (χ4v) is 2.69. The maximum absolute atomic E-state index is 9.76. The Kier molecular flexibility index (Phi) is 4.77. The molecule has 3 heteroatoms. The first-order chi connectivity index (χ1) is 7.32. The zero-order chi connectivity index (χ0) is 12.3. The van der Waals surface area contributed by atoms with Crippen molar-refractivity contribution in [2.45, 2.75) is 71.2 Å². The second kappa shape index (κ2) is 5.48. The minimum Gasteiger partial charge on any atom is -0.391 e. The molecule has 0 aromatic rings. The Bertz CT molecular complexity index is 210. The fourth-order valence-electron chi connectivity index (χ4n) is 2.69. The summed E-state index contributed by atoms with van der Waals surface area (Å²) in [5.41, 5.74) is 0.206. The molecule has 0 radical (unpaired) electrons. The highest BCUT2D eigenvalue weighted by Crippen LogP contribution is 2.19. The molecule has 1 aliphatic heterocycles. The van der Waals surface area contributed by atoms with Gasteiger partial charge in [-0.25, -0.2) is 0 Å². The van der Waals surface area contributed by atoms with Crippen molar-refractivity contribution in [2.75, 3.05) is 13.1 Å². The summed E-state index contributed by atoms with van der Waals surface area (Å²) in [5, 5.41) is 13.1. The molecule has 2 atom stereocenters. The van der Waals surface area contributed by atoms with E-state index in [0.29, 0.717) is 12.1 Å². The lowest BCUT2D eigenvalue weighted by Gasteiger charge is -2.39. The molecule has 2 unspecified atom stereocenters. The van der Waals surface area contributed by atoms with Crippen LogP contribution in [0.3, 0.4) is 0 Å². The lowest BCUT2D eigenvalue weighted by molar-refractivity contribution is 0.0819. The third-order valence-electron chi connectivity index (χ3n) is 3.48. The van der Waals surface area contributed by atoms with E-state index in [1.807, 2.05) is 0 Å². The van der Waals surface area contributed by atoms with E-state index in [-0.39, 0.29) is 11.6 Å².